The Labute approximate surface area is 146 Å². The highest BCUT2D eigenvalue weighted by Crippen LogP contribution is 2.24. The quantitative estimate of drug-likeness (QED) is 0.377. The molecule has 0 bridgehead atoms. The molecule has 0 amide bonds. The van der Waals surface area contributed by atoms with E-state index in [1.807, 2.05) is 36.4 Å². The molecule has 0 fully saturated rings. The molecule has 0 radical (unpaired) electrons. The van der Waals surface area contributed by atoms with Gasteiger partial charge in [-0.1, -0.05) is 28.1 Å². The van der Waals surface area contributed by atoms with Crippen LogP contribution in [0.1, 0.15) is 5.76 Å². The number of nitro groups is 1. The summed E-state index contributed by atoms with van der Waals surface area (Å²) in [5, 5.41) is 14.7. The number of hydrogen-bond donors (Lipinski definition) is 1. The van der Waals surface area contributed by atoms with Crippen LogP contribution in [0, 0.1) is 10.1 Å². The molecule has 24 heavy (non-hydrogen) atoms. The highest BCUT2D eigenvalue weighted by molar-refractivity contribution is 9.10. The van der Waals surface area contributed by atoms with Crippen LogP contribution < -0.4 is 5.43 Å². The molecule has 6 nitrogen and oxygen atoms in total. The molecule has 120 valence electrons. The average molecular weight is 386 g/mol. The van der Waals surface area contributed by atoms with Crippen molar-refractivity contribution < 1.29 is 9.34 Å². The van der Waals surface area contributed by atoms with E-state index in [1.165, 1.54) is 12.1 Å². The number of benzene rings is 2. The van der Waals surface area contributed by atoms with Crippen molar-refractivity contribution in [3.63, 3.8) is 0 Å². The molecule has 1 aromatic heterocycles. The van der Waals surface area contributed by atoms with Crippen molar-refractivity contribution in [1.82, 2.24) is 0 Å². The van der Waals surface area contributed by atoms with Gasteiger partial charge in [0, 0.05) is 22.2 Å². The fourth-order valence-electron chi connectivity index (χ4n) is 2.05. The van der Waals surface area contributed by atoms with Crippen molar-refractivity contribution >= 4 is 33.5 Å². The molecule has 0 aliphatic carbocycles. The average Bonchev–Trinajstić information content (AvgIpc) is 3.04. The first-order chi connectivity index (χ1) is 11.6. The van der Waals surface area contributed by atoms with E-state index in [0.29, 0.717) is 11.4 Å². The van der Waals surface area contributed by atoms with Gasteiger partial charge in [-0.2, -0.15) is 5.10 Å². The minimum absolute atomic E-state index is 0.0363. The fourth-order valence-corrected chi connectivity index (χ4v) is 2.45. The number of hydrogen-bond acceptors (Lipinski definition) is 5. The number of hydrazone groups is 1. The predicted octanol–water partition coefficient (Wildman–Crippen LogP) is 5.06. The fraction of sp³-hybridized carbons (Fsp3) is 0. The Morgan fingerprint density at radius 2 is 1.92 bits per heavy atom. The third-order valence-corrected chi connectivity index (χ3v) is 3.69. The van der Waals surface area contributed by atoms with Gasteiger partial charge in [0.2, 0.25) is 0 Å². The molecule has 0 saturated carbocycles. The Bertz CT molecular complexity index is 888. The van der Waals surface area contributed by atoms with Crippen LogP contribution in [-0.2, 0) is 0 Å². The summed E-state index contributed by atoms with van der Waals surface area (Å²) in [5.74, 6) is 1.34. The Balaban J connectivity index is 1.66. The third kappa shape index (κ3) is 3.88. The molecule has 1 N–H and O–H groups in total. The van der Waals surface area contributed by atoms with Gasteiger partial charge in [0.1, 0.15) is 11.5 Å². The first-order valence-electron chi connectivity index (χ1n) is 7.01. The monoisotopic (exact) mass is 385 g/mol. The number of nitrogens with one attached hydrogen (secondary N) is 1. The zero-order valence-electron chi connectivity index (χ0n) is 12.3. The maximum Gasteiger partial charge on any atom is 0.269 e. The lowest BCUT2D eigenvalue weighted by Gasteiger charge is -1.99. The van der Waals surface area contributed by atoms with Crippen LogP contribution in [0.15, 0.2) is 74.7 Å². The van der Waals surface area contributed by atoms with E-state index in [1.54, 1.807) is 18.3 Å². The molecular formula is C17H12BrN3O3. The zero-order valence-corrected chi connectivity index (χ0v) is 13.9. The summed E-state index contributed by atoms with van der Waals surface area (Å²) in [6.07, 6.45) is 1.54. The van der Waals surface area contributed by atoms with Crippen molar-refractivity contribution in [2.45, 2.75) is 0 Å². The molecule has 0 atom stereocenters. The van der Waals surface area contributed by atoms with Gasteiger partial charge in [-0.3, -0.25) is 15.5 Å². The molecule has 0 aliphatic rings. The van der Waals surface area contributed by atoms with Crippen LogP contribution in [0.2, 0.25) is 0 Å². The Morgan fingerprint density at radius 3 is 2.62 bits per heavy atom. The molecule has 3 aromatic rings. The number of anilines is 1. The van der Waals surface area contributed by atoms with Crippen molar-refractivity contribution in [2.24, 2.45) is 5.10 Å². The number of halogens is 1. The van der Waals surface area contributed by atoms with Crippen molar-refractivity contribution in [3.05, 3.63) is 81.0 Å². The van der Waals surface area contributed by atoms with E-state index in [9.17, 15) is 10.1 Å². The minimum atomic E-state index is -0.445. The van der Waals surface area contributed by atoms with E-state index in [2.05, 4.69) is 26.5 Å². The number of nitrogens with zero attached hydrogens (tertiary/aromatic N) is 2. The highest BCUT2D eigenvalue weighted by atomic mass is 79.9. The van der Waals surface area contributed by atoms with Gasteiger partial charge in [0.25, 0.3) is 5.69 Å². The van der Waals surface area contributed by atoms with Crippen molar-refractivity contribution in [3.8, 4) is 11.3 Å². The van der Waals surface area contributed by atoms with E-state index in [0.717, 1.165) is 15.8 Å². The summed E-state index contributed by atoms with van der Waals surface area (Å²) in [6.45, 7) is 0. The van der Waals surface area contributed by atoms with Crippen LogP contribution >= 0.6 is 15.9 Å². The second kappa shape index (κ2) is 7.10. The molecular weight excluding hydrogens is 374 g/mol. The number of nitro benzene ring substituents is 1. The maximum atomic E-state index is 10.6. The smallest absolute Gasteiger partial charge is 0.269 e. The molecule has 0 saturated heterocycles. The first-order valence-corrected chi connectivity index (χ1v) is 7.80. The van der Waals surface area contributed by atoms with Gasteiger partial charge < -0.3 is 4.42 Å². The number of rotatable bonds is 5. The lowest BCUT2D eigenvalue weighted by molar-refractivity contribution is -0.384. The van der Waals surface area contributed by atoms with Gasteiger partial charge >= 0.3 is 0 Å². The molecule has 0 aliphatic heterocycles. The molecule has 1 heterocycles. The summed E-state index contributed by atoms with van der Waals surface area (Å²) in [5.41, 5.74) is 4.45. The van der Waals surface area contributed by atoms with E-state index in [4.69, 9.17) is 4.42 Å². The summed E-state index contributed by atoms with van der Waals surface area (Å²) in [6, 6.07) is 17.5. The number of furan rings is 1. The van der Waals surface area contributed by atoms with Crippen LogP contribution in [0.3, 0.4) is 0 Å². The van der Waals surface area contributed by atoms with Crippen LogP contribution in [0.5, 0.6) is 0 Å². The molecule has 0 unspecified atom stereocenters. The van der Waals surface area contributed by atoms with Crippen LogP contribution in [0.4, 0.5) is 11.4 Å². The second-order valence-electron chi connectivity index (χ2n) is 4.89. The lowest BCUT2D eigenvalue weighted by atomic mass is 10.2. The predicted molar refractivity (Wildman–Crippen MR) is 96.2 cm³/mol. The van der Waals surface area contributed by atoms with Crippen molar-refractivity contribution in [1.29, 1.82) is 0 Å². The molecule has 7 heteroatoms. The SMILES string of the molecule is O=[N+]([O-])c1ccc(N/N=C/c2ccc(-c3cccc(Br)c3)o2)cc1. The topological polar surface area (TPSA) is 80.7 Å². The Hall–Kier alpha value is -2.93. The van der Waals surface area contributed by atoms with Gasteiger partial charge in [-0.05, 0) is 36.4 Å². The van der Waals surface area contributed by atoms with Gasteiger partial charge in [-0.15, -0.1) is 0 Å². The Kier molecular flexibility index (Phi) is 4.72. The normalized spacial score (nSPS) is 10.9. The van der Waals surface area contributed by atoms with E-state index < -0.39 is 4.92 Å². The van der Waals surface area contributed by atoms with Gasteiger partial charge in [0.15, 0.2) is 0 Å². The highest BCUT2D eigenvalue weighted by Gasteiger charge is 2.04. The van der Waals surface area contributed by atoms with Gasteiger partial charge in [-0.25, -0.2) is 0 Å². The largest absolute Gasteiger partial charge is 0.455 e. The lowest BCUT2D eigenvalue weighted by Crippen LogP contribution is -1.91. The maximum absolute atomic E-state index is 10.6. The summed E-state index contributed by atoms with van der Waals surface area (Å²) in [7, 11) is 0. The number of non-ortho nitro benzene ring substituents is 1. The molecule has 3 rings (SSSR count). The zero-order chi connectivity index (χ0) is 16.9. The van der Waals surface area contributed by atoms with Gasteiger partial charge in [0.05, 0.1) is 16.8 Å². The minimum Gasteiger partial charge on any atom is -0.455 e. The second-order valence-corrected chi connectivity index (χ2v) is 5.80. The summed E-state index contributed by atoms with van der Waals surface area (Å²) < 4.78 is 6.69. The van der Waals surface area contributed by atoms with Crippen molar-refractivity contribution in [2.75, 3.05) is 5.43 Å². The van der Waals surface area contributed by atoms with E-state index >= 15 is 0 Å². The summed E-state index contributed by atoms with van der Waals surface area (Å²) in [4.78, 5) is 10.1. The molecule has 2 aromatic carbocycles. The first kappa shape index (κ1) is 15.9. The third-order valence-electron chi connectivity index (χ3n) is 3.20. The molecule has 0 spiro atoms. The summed E-state index contributed by atoms with van der Waals surface area (Å²) >= 11 is 3.43. The van der Waals surface area contributed by atoms with Crippen LogP contribution in [0.25, 0.3) is 11.3 Å². The van der Waals surface area contributed by atoms with E-state index in [-0.39, 0.29) is 5.69 Å². The standard InChI is InChI=1S/C17H12BrN3O3/c18-13-3-1-2-12(10-13)17-9-8-16(24-17)11-19-20-14-4-6-15(7-5-14)21(22)23/h1-11,20H/b19-11+. The Morgan fingerprint density at radius 1 is 1.12 bits per heavy atom. The van der Waals surface area contributed by atoms with Crippen LogP contribution in [-0.4, -0.2) is 11.1 Å².